The third kappa shape index (κ3) is 2.22. The number of nitrogens with zero attached hydrogens (tertiary/aromatic N) is 3. The van der Waals surface area contributed by atoms with Gasteiger partial charge in [0.2, 0.25) is 0 Å². The van der Waals surface area contributed by atoms with Crippen molar-refractivity contribution in [1.82, 2.24) is 14.5 Å². The van der Waals surface area contributed by atoms with E-state index in [0.29, 0.717) is 10.6 Å². The van der Waals surface area contributed by atoms with E-state index < -0.39 is 11.9 Å². The Balaban J connectivity index is 2.12. The van der Waals surface area contributed by atoms with Gasteiger partial charge in [0.25, 0.3) is 5.91 Å². The Morgan fingerprint density at radius 3 is 2.50 bits per heavy atom. The summed E-state index contributed by atoms with van der Waals surface area (Å²) < 4.78 is 3.83. The van der Waals surface area contributed by atoms with Gasteiger partial charge in [-0.15, -0.1) is 5.10 Å². The average molecular weight is 269 g/mol. The minimum Gasteiger partial charge on any atom is -0.481 e. The highest BCUT2D eigenvalue weighted by atomic mass is 32.1. The van der Waals surface area contributed by atoms with Crippen molar-refractivity contribution in [3.8, 4) is 0 Å². The van der Waals surface area contributed by atoms with E-state index in [0.717, 1.165) is 11.5 Å². The molecule has 0 aliphatic carbocycles. The van der Waals surface area contributed by atoms with Gasteiger partial charge in [-0.25, -0.2) is 0 Å². The summed E-state index contributed by atoms with van der Waals surface area (Å²) in [4.78, 5) is 24.9. The number of likely N-dealkylation sites (tertiary alicyclic amines) is 1. The van der Waals surface area contributed by atoms with Crippen LogP contribution >= 0.6 is 11.5 Å². The molecule has 98 valence electrons. The van der Waals surface area contributed by atoms with Gasteiger partial charge in [0.15, 0.2) is 0 Å². The second-order valence-electron chi connectivity index (χ2n) is 5.45. The van der Waals surface area contributed by atoms with Gasteiger partial charge in [0.05, 0.1) is 11.6 Å². The smallest absolute Gasteiger partial charge is 0.310 e. The van der Waals surface area contributed by atoms with Crippen molar-refractivity contribution >= 4 is 23.4 Å². The zero-order valence-electron chi connectivity index (χ0n) is 10.5. The molecule has 1 amide bonds. The standard InChI is InChI=1S/C11H15N3O3S/c1-11(2,3)8-7(18-13-12-8)9(15)14-4-6(5-14)10(16)17/h6H,4-5H2,1-3H3,(H,16,17). The van der Waals surface area contributed by atoms with Crippen LogP contribution in [-0.4, -0.2) is 44.6 Å². The first-order valence-corrected chi connectivity index (χ1v) is 6.43. The molecule has 18 heavy (non-hydrogen) atoms. The van der Waals surface area contributed by atoms with Crippen LogP contribution in [0.25, 0.3) is 0 Å². The highest BCUT2D eigenvalue weighted by Crippen LogP contribution is 2.28. The van der Waals surface area contributed by atoms with E-state index in [-0.39, 0.29) is 24.4 Å². The van der Waals surface area contributed by atoms with Gasteiger partial charge in [-0.1, -0.05) is 25.3 Å². The molecule has 0 aromatic carbocycles. The lowest BCUT2D eigenvalue weighted by Crippen LogP contribution is -2.53. The van der Waals surface area contributed by atoms with Crippen LogP contribution < -0.4 is 0 Å². The molecular weight excluding hydrogens is 254 g/mol. The van der Waals surface area contributed by atoms with Crippen molar-refractivity contribution in [1.29, 1.82) is 0 Å². The van der Waals surface area contributed by atoms with Gasteiger partial charge < -0.3 is 10.0 Å². The van der Waals surface area contributed by atoms with E-state index in [4.69, 9.17) is 5.11 Å². The molecule has 1 aromatic heterocycles. The maximum absolute atomic E-state index is 12.2. The average Bonchev–Trinajstić information content (AvgIpc) is 2.61. The third-order valence-corrected chi connectivity index (χ3v) is 3.62. The molecule has 1 fully saturated rings. The van der Waals surface area contributed by atoms with Crippen LogP contribution in [0.4, 0.5) is 0 Å². The summed E-state index contributed by atoms with van der Waals surface area (Å²) in [7, 11) is 0. The molecule has 2 heterocycles. The normalized spacial score (nSPS) is 16.5. The number of carbonyl (C=O) groups excluding carboxylic acids is 1. The molecule has 6 nitrogen and oxygen atoms in total. The molecule has 0 spiro atoms. The first-order chi connectivity index (χ1) is 8.30. The molecule has 0 saturated carbocycles. The molecule has 1 N–H and O–H groups in total. The van der Waals surface area contributed by atoms with Gasteiger partial charge in [-0.05, 0) is 11.5 Å². The molecule has 0 bridgehead atoms. The van der Waals surface area contributed by atoms with Crippen molar-refractivity contribution in [3.05, 3.63) is 10.6 Å². The molecule has 0 atom stereocenters. The molecule has 1 aliphatic rings. The number of amides is 1. The van der Waals surface area contributed by atoms with Crippen LogP contribution in [0, 0.1) is 5.92 Å². The minimum atomic E-state index is -0.850. The van der Waals surface area contributed by atoms with Crippen molar-refractivity contribution < 1.29 is 14.7 Å². The molecular formula is C11H15N3O3S. The van der Waals surface area contributed by atoms with E-state index >= 15 is 0 Å². The summed E-state index contributed by atoms with van der Waals surface area (Å²) in [5.41, 5.74) is 0.436. The van der Waals surface area contributed by atoms with Crippen LogP contribution in [0.3, 0.4) is 0 Å². The second kappa shape index (κ2) is 4.31. The Morgan fingerprint density at radius 2 is 2.00 bits per heavy atom. The van der Waals surface area contributed by atoms with E-state index in [9.17, 15) is 9.59 Å². The number of carboxylic acids is 1. The topological polar surface area (TPSA) is 83.4 Å². The number of aliphatic carboxylic acids is 1. The van der Waals surface area contributed by atoms with Crippen LogP contribution in [0.5, 0.6) is 0 Å². The highest BCUT2D eigenvalue weighted by molar-refractivity contribution is 7.08. The number of hydrogen-bond acceptors (Lipinski definition) is 5. The van der Waals surface area contributed by atoms with Gasteiger partial charge >= 0.3 is 5.97 Å². The Kier molecular flexibility index (Phi) is 3.10. The zero-order valence-corrected chi connectivity index (χ0v) is 11.3. The number of hydrogen-bond donors (Lipinski definition) is 1. The Morgan fingerprint density at radius 1 is 1.39 bits per heavy atom. The zero-order chi connectivity index (χ0) is 13.5. The van der Waals surface area contributed by atoms with Crippen molar-refractivity contribution in [3.63, 3.8) is 0 Å². The molecule has 0 radical (unpaired) electrons. The predicted molar refractivity (Wildman–Crippen MR) is 65.6 cm³/mol. The first kappa shape index (κ1) is 12.9. The van der Waals surface area contributed by atoms with Crippen LogP contribution in [0.1, 0.15) is 36.1 Å². The van der Waals surface area contributed by atoms with E-state index in [1.807, 2.05) is 20.8 Å². The fourth-order valence-corrected chi connectivity index (χ4v) is 2.61. The fraction of sp³-hybridized carbons (Fsp3) is 0.636. The summed E-state index contributed by atoms with van der Waals surface area (Å²) >= 11 is 1.07. The predicted octanol–water partition coefficient (Wildman–Crippen LogP) is 0.992. The SMILES string of the molecule is CC(C)(C)c1nnsc1C(=O)N1CC(C(=O)O)C1. The number of rotatable bonds is 2. The molecule has 2 rings (SSSR count). The first-order valence-electron chi connectivity index (χ1n) is 5.65. The molecule has 0 unspecified atom stereocenters. The lowest BCUT2D eigenvalue weighted by Gasteiger charge is -2.36. The number of carboxylic acid groups (broad SMARTS) is 1. The maximum Gasteiger partial charge on any atom is 0.310 e. The fourth-order valence-electron chi connectivity index (χ4n) is 1.77. The number of carbonyl (C=O) groups is 2. The highest BCUT2D eigenvalue weighted by Gasteiger charge is 2.38. The molecule has 1 saturated heterocycles. The Labute approximate surface area is 109 Å². The van der Waals surface area contributed by atoms with Crippen molar-refractivity contribution in [2.45, 2.75) is 26.2 Å². The summed E-state index contributed by atoms with van der Waals surface area (Å²) in [6, 6.07) is 0. The van der Waals surface area contributed by atoms with E-state index in [2.05, 4.69) is 9.59 Å². The van der Waals surface area contributed by atoms with Gasteiger partial charge in [0.1, 0.15) is 4.88 Å². The summed E-state index contributed by atoms with van der Waals surface area (Å²) in [6.07, 6.45) is 0. The van der Waals surface area contributed by atoms with E-state index in [1.165, 1.54) is 4.90 Å². The number of aromatic nitrogens is 2. The third-order valence-electron chi connectivity index (χ3n) is 2.91. The Bertz CT molecular complexity index is 486. The van der Waals surface area contributed by atoms with Crippen LogP contribution in [0.2, 0.25) is 0 Å². The van der Waals surface area contributed by atoms with Crippen molar-refractivity contribution in [2.24, 2.45) is 5.92 Å². The second-order valence-corrected chi connectivity index (χ2v) is 6.20. The largest absolute Gasteiger partial charge is 0.481 e. The lowest BCUT2D eigenvalue weighted by molar-refractivity contribution is -0.146. The minimum absolute atomic E-state index is 0.160. The van der Waals surface area contributed by atoms with E-state index in [1.54, 1.807) is 0 Å². The van der Waals surface area contributed by atoms with Gasteiger partial charge in [0, 0.05) is 18.5 Å². The maximum atomic E-state index is 12.2. The van der Waals surface area contributed by atoms with Crippen LogP contribution in [0.15, 0.2) is 0 Å². The lowest BCUT2D eigenvalue weighted by atomic mass is 9.90. The van der Waals surface area contributed by atoms with Crippen molar-refractivity contribution in [2.75, 3.05) is 13.1 Å². The summed E-state index contributed by atoms with van der Waals surface area (Å²) in [6.45, 7) is 6.45. The Hall–Kier alpha value is -1.50. The monoisotopic (exact) mass is 269 g/mol. The summed E-state index contributed by atoms with van der Waals surface area (Å²) in [5, 5.41) is 12.8. The summed E-state index contributed by atoms with van der Waals surface area (Å²) in [5.74, 6) is -1.45. The van der Waals surface area contributed by atoms with Crippen LogP contribution in [-0.2, 0) is 10.2 Å². The quantitative estimate of drug-likeness (QED) is 0.865. The molecule has 1 aromatic rings. The molecule has 7 heteroatoms. The van der Waals surface area contributed by atoms with Gasteiger partial charge in [-0.3, -0.25) is 9.59 Å². The molecule has 1 aliphatic heterocycles. The van der Waals surface area contributed by atoms with Gasteiger partial charge in [-0.2, -0.15) is 0 Å².